The zero-order valence-electron chi connectivity index (χ0n) is 10.9. The number of rotatable bonds is 1. The largest absolute Gasteiger partial charge is 0.423 e. The molecule has 100 valence electrons. The minimum Gasteiger partial charge on any atom is -0.423 e. The Bertz CT molecular complexity index is 757. The van der Waals surface area contributed by atoms with E-state index in [0.717, 1.165) is 30.0 Å². The normalized spacial score (nSPS) is 24.3. The highest BCUT2D eigenvalue weighted by Gasteiger charge is 2.43. The van der Waals surface area contributed by atoms with Crippen molar-refractivity contribution in [3.8, 4) is 0 Å². The number of hydrogen-bond acceptors (Lipinski definition) is 4. The van der Waals surface area contributed by atoms with E-state index in [2.05, 4.69) is 20.1 Å². The fourth-order valence-corrected chi connectivity index (χ4v) is 3.66. The van der Waals surface area contributed by atoms with Crippen LogP contribution >= 0.6 is 0 Å². The Morgan fingerprint density at radius 2 is 2.20 bits per heavy atom. The summed E-state index contributed by atoms with van der Waals surface area (Å²) in [6.07, 6.45) is 5.30. The van der Waals surface area contributed by atoms with Crippen LogP contribution in [0, 0.1) is 0 Å². The Hall–Kier alpha value is -2.30. The molecule has 2 aliphatic heterocycles. The molecule has 2 aliphatic rings. The van der Waals surface area contributed by atoms with E-state index in [1.54, 1.807) is 0 Å². The summed E-state index contributed by atoms with van der Waals surface area (Å²) in [6.45, 7) is 0. The molecular weight excluding hydrogens is 252 g/mol. The van der Waals surface area contributed by atoms with Crippen LogP contribution < -0.4 is 4.90 Å². The third-order valence-corrected chi connectivity index (χ3v) is 4.56. The van der Waals surface area contributed by atoms with Gasteiger partial charge in [0.25, 0.3) is 6.01 Å². The van der Waals surface area contributed by atoms with Gasteiger partial charge in [-0.05, 0) is 25.0 Å². The van der Waals surface area contributed by atoms with Crippen molar-refractivity contribution < 1.29 is 4.42 Å². The molecule has 1 fully saturated rings. The van der Waals surface area contributed by atoms with E-state index >= 15 is 0 Å². The summed E-state index contributed by atoms with van der Waals surface area (Å²) in [5, 5.41) is 7.32. The lowest BCUT2D eigenvalue weighted by molar-refractivity contribution is 0.502. The van der Waals surface area contributed by atoms with Gasteiger partial charge in [-0.25, -0.2) is 0 Å². The van der Waals surface area contributed by atoms with Crippen molar-refractivity contribution in [3.05, 3.63) is 41.7 Å². The van der Waals surface area contributed by atoms with Gasteiger partial charge in [-0.15, -0.1) is 0 Å². The molecule has 5 nitrogen and oxygen atoms in total. The fourth-order valence-electron chi connectivity index (χ4n) is 3.66. The Morgan fingerprint density at radius 3 is 3.15 bits per heavy atom. The first kappa shape index (κ1) is 10.5. The molecule has 2 atom stereocenters. The van der Waals surface area contributed by atoms with Gasteiger partial charge in [-0.1, -0.05) is 12.1 Å². The van der Waals surface area contributed by atoms with Crippen molar-refractivity contribution in [1.29, 1.82) is 0 Å². The average Bonchev–Trinajstić information content (AvgIpc) is 3.15. The van der Waals surface area contributed by atoms with Gasteiger partial charge in [0.05, 0.1) is 12.2 Å². The number of oxazole rings is 1. The minimum absolute atomic E-state index is 0.357. The number of aromatic nitrogens is 3. The van der Waals surface area contributed by atoms with Gasteiger partial charge in [0, 0.05) is 23.7 Å². The van der Waals surface area contributed by atoms with Gasteiger partial charge in [-0.3, -0.25) is 5.10 Å². The summed E-state index contributed by atoms with van der Waals surface area (Å²) in [5.74, 6) is 0. The molecule has 20 heavy (non-hydrogen) atoms. The lowest BCUT2D eigenvalue weighted by Gasteiger charge is -2.32. The van der Waals surface area contributed by atoms with Crippen molar-refractivity contribution >= 4 is 17.1 Å². The Morgan fingerprint density at radius 1 is 1.25 bits per heavy atom. The van der Waals surface area contributed by atoms with E-state index in [4.69, 9.17) is 4.42 Å². The Balaban J connectivity index is 1.65. The molecule has 1 N–H and O–H groups in total. The summed E-state index contributed by atoms with van der Waals surface area (Å²) in [6, 6.07) is 9.53. The smallest absolute Gasteiger partial charge is 0.299 e. The van der Waals surface area contributed by atoms with Crippen molar-refractivity contribution in [3.63, 3.8) is 0 Å². The molecule has 0 amide bonds. The summed E-state index contributed by atoms with van der Waals surface area (Å²) in [7, 11) is 0. The second-order valence-corrected chi connectivity index (χ2v) is 5.63. The molecule has 2 bridgehead atoms. The molecular formula is C15H14N4O. The Kier molecular flexibility index (Phi) is 1.90. The van der Waals surface area contributed by atoms with Crippen molar-refractivity contribution in [2.24, 2.45) is 0 Å². The molecule has 2 unspecified atom stereocenters. The fraction of sp³-hybridized carbons (Fsp3) is 0.333. The van der Waals surface area contributed by atoms with Crippen LogP contribution in [-0.2, 0) is 6.42 Å². The predicted molar refractivity (Wildman–Crippen MR) is 74.5 cm³/mol. The maximum atomic E-state index is 5.96. The van der Waals surface area contributed by atoms with Gasteiger partial charge < -0.3 is 9.32 Å². The van der Waals surface area contributed by atoms with Crippen LogP contribution in [0.3, 0.4) is 0 Å². The van der Waals surface area contributed by atoms with Crippen molar-refractivity contribution in [2.75, 3.05) is 4.90 Å². The van der Waals surface area contributed by atoms with Crippen LogP contribution in [0.15, 0.2) is 34.9 Å². The van der Waals surface area contributed by atoms with Gasteiger partial charge in [-0.2, -0.15) is 10.1 Å². The first-order chi connectivity index (χ1) is 9.90. The SMILES string of the molecule is c1ccc2oc(N3C4CCC3c3cn[nH]c3C4)nc2c1. The lowest BCUT2D eigenvalue weighted by Crippen LogP contribution is -2.37. The second kappa shape index (κ2) is 3.62. The molecule has 0 radical (unpaired) electrons. The van der Waals surface area contributed by atoms with Crippen molar-refractivity contribution in [2.45, 2.75) is 31.3 Å². The van der Waals surface area contributed by atoms with E-state index in [9.17, 15) is 0 Å². The number of nitrogens with one attached hydrogen (secondary N) is 1. The molecule has 4 heterocycles. The second-order valence-electron chi connectivity index (χ2n) is 5.63. The quantitative estimate of drug-likeness (QED) is 0.735. The number of H-pyrrole nitrogens is 1. The van der Waals surface area contributed by atoms with Crippen LogP contribution in [0.25, 0.3) is 11.1 Å². The van der Waals surface area contributed by atoms with E-state index < -0.39 is 0 Å². The zero-order valence-corrected chi connectivity index (χ0v) is 10.9. The molecule has 5 heteroatoms. The third kappa shape index (κ3) is 1.27. The molecule has 2 aromatic heterocycles. The number of para-hydroxylation sites is 2. The first-order valence-electron chi connectivity index (χ1n) is 7.06. The molecule has 1 saturated heterocycles. The van der Waals surface area contributed by atoms with Gasteiger partial charge in [0.15, 0.2) is 5.58 Å². The number of benzene rings is 1. The number of nitrogens with zero attached hydrogens (tertiary/aromatic N) is 3. The van der Waals surface area contributed by atoms with Crippen molar-refractivity contribution in [1.82, 2.24) is 15.2 Å². The predicted octanol–water partition coefficient (Wildman–Crippen LogP) is 2.82. The topological polar surface area (TPSA) is 58.0 Å². The molecule has 1 aromatic carbocycles. The van der Waals surface area contributed by atoms with E-state index in [1.165, 1.54) is 17.7 Å². The van der Waals surface area contributed by atoms with Crippen LogP contribution in [-0.4, -0.2) is 21.2 Å². The van der Waals surface area contributed by atoms with Crippen LogP contribution in [0.4, 0.5) is 6.01 Å². The maximum Gasteiger partial charge on any atom is 0.299 e. The van der Waals surface area contributed by atoms with Crippen LogP contribution in [0.2, 0.25) is 0 Å². The molecule has 0 saturated carbocycles. The van der Waals surface area contributed by atoms with Gasteiger partial charge >= 0.3 is 0 Å². The van der Waals surface area contributed by atoms with Gasteiger partial charge in [0.2, 0.25) is 0 Å². The van der Waals surface area contributed by atoms with E-state index in [1.807, 2.05) is 30.5 Å². The molecule has 5 rings (SSSR count). The van der Waals surface area contributed by atoms with Gasteiger partial charge in [0.1, 0.15) is 5.52 Å². The molecule has 0 aliphatic carbocycles. The van der Waals surface area contributed by atoms with Crippen LogP contribution in [0.5, 0.6) is 0 Å². The summed E-state index contributed by atoms with van der Waals surface area (Å²) in [5.41, 5.74) is 4.38. The van der Waals surface area contributed by atoms with Crippen LogP contribution in [0.1, 0.15) is 30.1 Å². The number of fused-ring (bicyclic) bond motifs is 5. The molecule has 3 aromatic rings. The molecule has 0 spiro atoms. The van der Waals surface area contributed by atoms with E-state index in [-0.39, 0.29) is 0 Å². The standard InChI is InChI=1S/C15H14N4O/c1-2-4-14-11(3-1)17-15(20-14)19-9-5-6-13(19)10-8-16-18-12(10)7-9/h1-4,8-9,13H,5-7H2,(H,16,18). The monoisotopic (exact) mass is 266 g/mol. The summed E-state index contributed by atoms with van der Waals surface area (Å²) < 4.78 is 5.96. The summed E-state index contributed by atoms with van der Waals surface area (Å²) >= 11 is 0. The third-order valence-electron chi connectivity index (χ3n) is 4.56. The lowest BCUT2D eigenvalue weighted by atomic mass is 10.0. The van der Waals surface area contributed by atoms with E-state index in [0.29, 0.717) is 12.1 Å². The number of aromatic amines is 1. The number of hydrogen-bond donors (Lipinski definition) is 1. The highest BCUT2D eigenvalue weighted by atomic mass is 16.4. The number of anilines is 1. The summed E-state index contributed by atoms with van der Waals surface area (Å²) in [4.78, 5) is 7.01. The minimum atomic E-state index is 0.357. The maximum absolute atomic E-state index is 5.96. The first-order valence-corrected chi connectivity index (χ1v) is 7.06. The average molecular weight is 266 g/mol. The highest BCUT2D eigenvalue weighted by Crippen LogP contribution is 2.45. The zero-order chi connectivity index (χ0) is 13.1. The Labute approximate surface area is 115 Å². The highest BCUT2D eigenvalue weighted by molar-refractivity contribution is 5.74.